The molecule has 1 amide bonds. The molecule has 2 rings (SSSR count). The van der Waals surface area contributed by atoms with Crippen LogP contribution in [0.25, 0.3) is 0 Å². The predicted molar refractivity (Wildman–Crippen MR) is 76.8 cm³/mol. The zero-order valence-electron chi connectivity index (χ0n) is 11.9. The van der Waals surface area contributed by atoms with Gasteiger partial charge in [0.25, 0.3) is 0 Å². The molecule has 21 heavy (non-hydrogen) atoms. The van der Waals surface area contributed by atoms with E-state index in [0.717, 1.165) is 31.5 Å². The highest BCUT2D eigenvalue weighted by atomic mass is 19.1. The third-order valence-electron chi connectivity index (χ3n) is 4.09. The van der Waals surface area contributed by atoms with Gasteiger partial charge < -0.3 is 15.7 Å². The molecule has 0 radical (unpaired) electrons. The first-order chi connectivity index (χ1) is 9.98. The minimum Gasteiger partial charge on any atom is -0.478 e. The van der Waals surface area contributed by atoms with E-state index in [1.807, 2.05) is 6.92 Å². The number of hydrogen-bond acceptors (Lipinski definition) is 3. The maximum atomic E-state index is 13.6. The van der Waals surface area contributed by atoms with Crippen molar-refractivity contribution in [3.05, 3.63) is 29.6 Å². The maximum absolute atomic E-state index is 13.6. The molecule has 1 aliphatic heterocycles. The Morgan fingerprint density at radius 1 is 1.48 bits per heavy atom. The molecule has 0 aromatic heterocycles. The lowest BCUT2D eigenvalue weighted by Crippen LogP contribution is -2.47. The average Bonchev–Trinajstić information content (AvgIpc) is 2.47. The summed E-state index contributed by atoms with van der Waals surface area (Å²) in [5, 5.41) is 14.7. The van der Waals surface area contributed by atoms with E-state index >= 15 is 0 Å². The first kappa shape index (κ1) is 15.4. The van der Waals surface area contributed by atoms with Gasteiger partial charge >= 0.3 is 5.97 Å². The van der Waals surface area contributed by atoms with Crippen LogP contribution in [0.15, 0.2) is 18.2 Å². The molecule has 6 heteroatoms. The van der Waals surface area contributed by atoms with Crippen molar-refractivity contribution in [2.24, 2.45) is 5.41 Å². The fourth-order valence-corrected chi connectivity index (χ4v) is 2.65. The zero-order chi connectivity index (χ0) is 15.5. The summed E-state index contributed by atoms with van der Waals surface area (Å²) in [6.07, 6.45) is 2.41. The van der Waals surface area contributed by atoms with E-state index in [4.69, 9.17) is 5.11 Å². The minimum atomic E-state index is -1.33. The highest BCUT2D eigenvalue weighted by Crippen LogP contribution is 2.31. The van der Waals surface area contributed by atoms with Crippen LogP contribution in [0.2, 0.25) is 0 Å². The summed E-state index contributed by atoms with van der Waals surface area (Å²) in [5.74, 6) is -2.33. The van der Waals surface area contributed by atoms with Gasteiger partial charge in [0.2, 0.25) is 5.91 Å². The summed E-state index contributed by atoms with van der Waals surface area (Å²) < 4.78 is 13.6. The smallest absolute Gasteiger partial charge is 0.338 e. The molecule has 1 aromatic rings. The Morgan fingerprint density at radius 3 is 2.76 bits per heavy atom. The Balaban J connectivity index is 2.15. The number of piperidine rings is 1. The number of nitrogens with one attached hydrogen (secondary N) is 2. The van der Waals surface area contributed by atoms with Gasteiger partial charge in [0, 0.05) is 12.2 Å². The second kappa shape index (κ2) is 6.22. The van der Waals surface area contributed by atoms with Crippen molar-refractivity contribution < 1.29 is 19.1 Å². The summed E-state index contributed by atoms with van der Waals surface area (Å²) in [6, 6.07) is 3.61. The van der Waals surface area contributed by atoms with Gasteiger partial charge in [-0.05, 0) is 44.0 Å². The topological polar surface area (TPSA) is 78.4 Å². The van der Waals surface area contributed by atoms with E-state index in [9.17, 15) is 14.0 Å². The Bertz CT molecular complexity index is 554. The molecule has 0 bridgehead atoms. The van der Waals surface area contributed by atoms with E-state index in [0.29, 0.717) is 13.0 Å². The highest BCUT2D eigenvalue weighted by Gasteiger charge is 2.37. The third kappa shape index (κ3) is 3.21. The van der Waals surface area contributed by atoms with Gasteiger partial charge in [-0.15, -0.1) is 0 Å². The molecular formula is C15H19FN2O3. The second-order valence-corrected chi connectivity index (χ2v) is 5.37. The monoisotopic (exact) mass is 294 g/mol. The molecule has 0 spiro atoms. The van der Waals surface area contributed by atoms with E-state index in [2.05, 4.69) is 10.6 Å². The Morgan fingerprint density at radius 2 is 2.24 bits per heavy atom. The molecule has 3 N–H and O–H groups in total. The van der Waals surface area contributed by atoms with Crippen molar-refractivity contribution in [3.63, 3.8) is 0 Å². The molecule has 1 heterocycles. The van der Waals surface area contributed by atoms with Crippen LogP contribution in [-0.2, 0) is 4.79 Å². The number of carbonyl (C=O) groups excluding carboxylic acids is 1. The van der Waals surface area contributed by atoms with Crippen molar-refractivity contribution in [1.82, 2.24) is 5.32 Å². The minimum absolute atomic E-state index is 0.153. The van der Waals surface area contributed by atoms with Gasteiger partial charge in [0.05, 0.1) is 11.0 Å². The quantitative estimate of drug-likeness (QED) is 0.796. The van der Waals surface area contributed by atoms with Crippen LogP contribution < -0.4 is 10.6 Å². The summed E-state index contributed by atoms with van der Waals surface area (Å²) in [4.78, 5) is 23.2. The molecule has 1 atom stereocenters. The molecule has 1 aliphatic rings. The first-order valence-electron chi connectivity index (χ1n) is 7.03. The van der Waals surface area contributed by atoms with Crippen LogP contribution in [0, 0.1) is 11.2 Å². The van der Waals surface area contributed by atoms with E-state index in [1.165, 1.54) is 6.07 Å². The lowest BCUT2D eigenvalue weighted by molar-refractivity contribution is -0.126. The normalized spacial score (nSPS) is 21.8. The number of rotatable bonds is 4. The number of carboxylic acids is 1. The first-order valence-corrected chi connectivity index (χ1v) is 7.03. The Hall–Kier alpha value is -1.95. The van der Waals surface area contributed by atoms with Crippen molar-refractivity contribution in [1.29, 1.82) is 0 Å². The van der Waals surface area contributed by atoms with Gasteiger partial charge in [-0.2, -0.15) is 0 Å². The summed E-state index contributed by atoms with van der Waals surface area (Å²) in [6.45, 7) is 3.46. The largest absolute Gasteiger partial charge is 0.478 e. The zero-order valence-corrected chi connectivity index (χ0v) is 11.9. The Kier molecular flexibility index (Phi) is 4.57. The average molecular weight is 294 g/mol. The molecule has 114 valence electrons. The summed E-state index contributed by atoms with van der Waals surface area (Å²) in [5.41, 5.74) is -0.612. The van der Waals surface area contributed by atoms with Crippen molar-refractivity contribution in [2.45, 2.75) is 26.2 Å². The van der Waals surface area contributed by atoms with Crippen molar-refractivity contribution in [3.8, 4) is 0 Å². The lowest BCUT2D eigenvalue weighted by atomic mass is 9.77. The second-order valence-electron chi connectivity index (χ2n) is 5.37. The maximum Gasteiger partial charge on any atom is 0.338 e. The number of aromatic carboxylic acids is 1. The molecule has 1 saturated heterocycles. The van der Waals surface area contributed by atoms with Crippen LogP contribution in [0.3, 0.4) is 0 Å². The van der Waals surface area contributed by atoms with E-state index < -0.39 is 22.8 Å². The molecule has 1 unspecified atom stereocenters. The van der Waals surface area contributed by atoms with E-state index in [-0.39, 0.29) is 11.6 Å². The van der Waals surface area contributed by atoms with Crippen LogP contribution in [-0.4, -0.2) is 30.1 Å². The molecule has 1 fully saturated rings. The predicted octanol–water partition coefficient (Wildman–Crippen LogP) is 2.24. The number of benzene rings is 1. The fourth-order valence-electron chi connectivity index (χ4n) is 2.65. The van der Waals surface area contributed by atoms with E-state index in [1.54, 1.807) is 0 Å². The van der Waals surface area contributed by atoms with Crippen molar-refractivity contribution >= 4 is 17.6 Å². The molecule has 1 aromatic carbocycles. The fraction of sp³-hybridized carbons (Fsp3) is 0.467. The number of anilines is 1. The molecule has 0 saturated carbocycles. The van der Waals surface area contributed by atoms with Crippen LogP contribution in [0.1, 0.15) is 36.5 Å². The molecular weight excluding hydrogens is 275 g/mol. The Labute approximate surface area is 122 Å². The van der Waals surface area contributed by atoms with Crippen LogP contribution >= 0.6 is 0 Å². The van der Waals surface area contributed by atoms with Crippen LogP contribution in [0.4, 0.5) is 10.1 Å². The number of amides is 1. The number of halogens is 1. The SMILES string of the molecule is CCC1(C(=O)Nc2ccc(C(=O)O)c(F)c2)CCCNC1. The van der Waals surface area contributed by atoms with Crippen molar-refractivity contribution in [2.75, 3.05) is 18.4 Å². The van der Waals surface area contributed by atoms with Gasteiger partial charge in [0.1, 0.15) is 5.82 Å². The summed E-state index contributed by atoms with van der Waals surface area (Å²) in [7, 11) is 0. The summed E-state index contributed by atoms with van der Waals surface area (Å²) >= 11 is 0. The van der Waals surface area contributed by atoms with Gasteiger partial charge in [-0.3, -0.25) is 4.79 Å². The van der Waals surface area contributed by atoms with Crippen LogP contribution in [0.5, 0.6) is 0 Å². The number of carboxylic acid groups (broad SMARTS) is 1. The standard InChI is InChI=1S/C15H19FN2O3/c1-2-15(6-3-7-17-9-15)14(21)18-10-4-5-11(13(19)20)12(16)8-10/h4-5,8,17H,2-3,6-7,9H2,1H3,(H,18,21)(H,19,20). The van der Waals surface area contributed by atoms with Gasteiger partial charge in [-0.25, -0.2) is 9.18 Å². The highest BCUT2D eigenvalue weighted by molar-refractivity contribution is 5.96. The lowest BCUT2D eigenvalue weighted by Gasteiger charge is -2.35. The van der Waals surface area contributed by atoms with Gasteiger partial charge in [-0.1, -0.05) is 6.92 Å². The molecule has 5 nitrogen and oxygen atoms in total. The number of hydrogen-bond donors (Lipinski definition) is 3. The third-order valence-corrected chi connectivity index (χ3v) is 4.09. The molecule has 0 aliphatic carbocycles. The number of carbonyl (C=O) groups is 2. The van der Waals surface area contributed by atoms with Gasteiger partial charge in [0.15, 0.2) is 0 Å².